The lowest BCUT2D eigenvalue weighted by Gasteiger charge is -2.07. The number of anilines is 1. The van der Waals surface area contributed by atoms with Gasteiger partial charge >= 0.3 is 0 Å². The van der Waals surface area contributed by atoms with Crippen molar-refractivity contribution < 1.29 is 0 Å². The van der Waals surface area contributed by atoms with Crippen LogP contribution in [0.25, 0.3) is 10.9 Å². The van der Waals surface area contributed by atoms with E-state index in [-0.39, 0.29) is 0 Å². The molecule has 0 bridgehead atoms. The van der Waals surface area contributed by atoms with Gasteiger partial charge in [-0.1, -0.05) is 48.0 Å². The van der Waals surface area contributed by atoms with Crippen molar-refractivity contribution in [2.24, 2.45) is 0 Å². The van der Waals surface area contributed by atoms with Gasteiger partial charge in [-0.2, -0.15) is 0 Å². The lowest BCUT2D eigenvalue weighted by Crippen LogP contribution is -2.01. The molecule has 3 aromatic rings. The molecular weight excluding hydrogens is 232 g/mol. The van der Waals surface area contributed by atoms with Crippen LogP contribution >= 0.6 is 0 Å². The molecule has 1 heterocycles. The predicted octanol–water partition coefficient (Wildman–Crippen LogP) is 4.16. The molecule has 2 heteroatoms. The Morgan fingerprint density at radius 2 is 1.84 bits per heavy atom. The van der Waals surface area contributed by atoms with Crippen molar-refractivity contribution in [3.8, 4) is 0 Å². The Kier molecular flexibility index (Phi) is 3.15. The summed E-state index contributed by atoms with van der Waals surface area (Å²) in [5.74, 6) is 0.917. The first kappa shape index (κ1) is 11.7. The zero-order chi connectivity index (χ0) is 13.1. The molecule has 19 heavy (non-hydrogen) atoms. The highest BCUT2D eigenvalue weighted by atomic mass is 15.0. The Morgan fingerprint density at radius 3 is 2.74 bits per heavy atom. The van der Waals surface area contributed by atoms with Gasteiger partial charge < -0.3 is 5.32 Å². The minimum Gasteiger partial charge on any atom is -0.366 e. The van der Waals surface area contributed by atoms with Crippen LogP contribution in [0.1, 0.15) is 11.1 Å². The van der Waals surface area contributed by atoms with Crippen molar-refractivity contribution in [1.82, 2.24) is 4.98 Å². The van der Waals surface area contributed by atoms with E-state index < -0.39 is 0 Å². The minimum absolute atomic E-state index is 0.799. The van der Waals surface area contributed by atoms with E-state index in [0.29, 0.717) is 0 Å². The van der Waals surface area contributed by atoms with Gasteiger partial charge in [0.25, 0.3) is 0 Å². The van der Waals surface area contributed by atoms with Gasteiger partial charge in [0.05, 0.1) is 5.52 Å². The number of rotatable bonds is 3. The van der Waals surface area contributed by atoms with E-state index in [1.54, 1.807) is 0 Å². The minimum atomic E-state index is 0.799. The Hall–Kier alpha value is -2.35. The average molecular weight is 248 g/mol. The SMILES string of the molecule is Cc1cccc(CNc2ccc3ccccc3n2)c1. The Bertz CT molecular complexity index is 704. The Morgan fingerprint density at radius 1 is 0.947 bits per heavy atom. The first-order chi connectivity index (χ1) is 9.31. The molecule has 0 spiro atoms. The fourth-order valence-corrected chi connectivity index (χ4v) is 2.18. The summed E-state index contributed by atoms with van der Waals surface area (Å²) in [6.45, 7) is 2.91. The number of hydrogen-bond donors (Lipinski definition) is 1. The Labute approximate surface area is 113 Å². The lowest BCUT2D eigenvalue weighted by atomic mass is 10.1. The molecule has 2 aromatic carbocycles. The van der Waals surface area contributed by atoms with Gasteiger partial charge in [0.15, 0.2) is 0 Å². The predicted molar refractivity (Wildman–Crippen MR) is 80.2 cm³/mol. The Balaban J connectivity index is 1.78. The molecule has 0 fully saturated rings. The van der Waals surface area contributed by atoms with Crippen LogP contribution in [0.15, 0.2) is 60.7 Å². The van der Waals surface area contributed by atoms with Crippen molar-refractivity contribution >= 4 is 16.7 Å². The maximum Gasteiger partial charge on any atom is 0.126 e. The first-order valence-electron chi connectivity index (χ1n) is 6.46. The highest BCUT2D eigenvalue weighted by molar-refractivity contribution is 5.80. The second-order valence-electron chi connectivity index (χ2n) is 4.73. The number of para-hydroxylation sites is 1. The number of aromatic nitrogens is 1. The van der Waals surface area contributed by atoms with E-state index in [9.17, 15) is 0 Å². The molecule has 94 valence electrons. The molecule has 0 amide bonds. The van der Waals surface area contributed by atoms with Crippen LogP contribution in [0.2, 0.25) is 0 Å². The van der Waals surface area contributed by atoms with Crippen molar-refractivity contribution in [2.45, 2.75) is 13.5 Å². The molecule has 3 rings (SSSR count). The summed E-state index contributed by atoms with van der Waals surface area (Å²) in [6, 6.07) is 20.8. The van der Waals surface area contributed by atoms with Crippen LogP contribution in [-0.4, -0.2) is 4.98 Å². The third kappa shape index (κ3) is 2.74. The number of nitrogens with zero attached hydrogens (tertiary/aromatic N) is 1. The van der Waals surface area contributed by atoms with Crippen LogP contribution in [0.3, 0.4) is 0 Å². The molecule has 0 aliphatic carbocycles. The first-order valence-corrected chi connectivity index (χ1v) is 6.46. The molecule has 0 unspecified atom stereocenters. The van der Waals surface area contributed by atoms with Crippen molar-refractivity contribution in [1.29, 1.82) is 0 Å². The number of aryl methyl sites for hydroxylation is 1. The third-order valence-electron chi connectivity index (χ3n) is 3.15. The van der Waals surface area contributed by atoms with Crippen LogP contribution in [0.5, 0.6) is 0 Å². The maximum absolute atomic E-state index is 4.60. The number of fused-ring (bicyclic) bond motifs is 1. The summed E-state index contributed by atoms with van der Waals surface area (Å²) >= 11 is 0. The summed E-state index contributed by atoms with van der Waals surface area (Å²) < 4.78 is 0. The van der Waals surface area contributed by atoms with Gasteiger partial charge in [0.2, 0.25) is 0 Å². The van der Waals surface area contributed by atoms with Crippen molar-refractivity contribution in [3.05, 3.63) is 71.8 Å². The van der Waals surface area contributed by atoms with Gasteiger partial charge in [-0.25, -0.2) is 4.98 Å². The van der Waals surface area contributed by atoms with E-state index >= 15 is 0 Å². The van der Waals surface area contributed by atoms with Crippen LogP contribution in [0.4, 0.5) is 5.82 Å². The summed E-state index contributed by atoms with van der Waals surface area (Å²) in [7, 11) is 0. The van der Waals surface area contributed by atoms with Gasteiger partial charge in [-0.05, 0) is 30.7 Å². The number of nitrogens with one attached hydrogen (secondary N) is 1. The summed E-state index contributed by atoms with van der Waals surface area (Å²) in [5, 5.41) is 4.54. The topological polar surface area (TPSA) is 24.9 Å². The van der Waals surface area contributed by atoms with Crippen molar-refractivity contribution in [2.75, 3.05) is 5.32 Å². The van der Waals surface area contributed by atoms with Gasteiger partial charge in [0, 0.05) is 11.9 Å². The molecule has 0 atom stereocenters. The molecule has 2 nitrogen and oxygen atoms in total. The highest BCUT2D eigenvalue weighted by Crippen LogP contribution is 2.15. The van der Waals surface area contributed by atoms with Gasteiger partial charge in [-0.3, -0.25) is 0 Å². The van der Waals surface area contributed by atoms with E-state index in [1.807, 2.05) is 24.3 Å². The molecule has 0 radical (unpaired) electrons. The smallest absolute Gasteiger partial charge is 0.126 e. The zero-order valence-electron chi connectivity index (χ0n) is 10.9. The van der Waals surface area contributed by atoms with E-state index in [4.69, 9.17) is 0 Å². The fraction of sp³-hybridized carbons (Fsp3) is 0.118. The van der Waals surface area contributed by atoms with Crippen LogP contribution < -0.4 is 5.32 Å². The molecular formula is C17H16N2. The standard InChI is InChI=1S/C17H16N2/c1-13-5-4-6-14(11-13)12-18-17-10-9-15-7-2-3-8-16(15)19-17/h2-11H,12H2,1H3,(H,18,19). The summed E-state index contributed by atoms with van der Waals surface area (Å²) in [6.07, 6.45) is 0. The molecule has 0 aliphatic rings. The normalized spacial score (nSPS) is 10.6. The number of hydrogen-bond acceptors (Lipinski definition) is 2. The van der Waals surface area contributed by atoms with Gasteiger partial charge in [-0.15, -0.1) is 0 Å². The molecule has 0 saturated carbocycles. The number of benzene rings is 2. The molecule has 0 saturated heterocycles. The van der Waals surface area contributed by atoms with E-state index in [2.05, 4.69) is 53.6 Å². The van der Waals surface area contributed by atoms with E-state index in [0.717, 1.165) is 17.9 Å². The fourth-order valence-electron chi connectivity index (χ4n) is 2.18. The average Bonchev–Trinajstić information content (AvgIpc) is 2.45. The van der Waals surface area contributed by atoms with E-state index in [1.165, 1.54) is 16.5 Å². The largest absolute Gasteiger partial charge is 0.366 e. The maximum atomic E-state index is 4.60. The monoisotopic (exact) mass is 248 g/mol. The van der Waals surface area contributed by atoms with Gasteiger partial charge in [0.1, 0.15) is 5.82 Å². The van der Waals surface area contributed by atoms with Crippen LogP contribution in [-0.2, 0) is 6.54 Å². The second-order valence-corrected chi connectivity index (χ2v) is 4.73. The van der Waals surface area contributed by atoms with Crippen LogP contribution in [0, 0.1) is 6.92 Å². The molecule has 1 N–H and O–H groups in total. The zero-order valence-corrected chi connectivity index (χ0v) is 10.9. The highest BCUT2D eigenvalue weighted by Gasteiger charge is 1.98. The quantitative estimate of drug-likeness (QED) is 0.753. The lowest BCUT2D eigenvalue weighted by molar-refractivity contribution is 1.12. The second kappa shape index (κ2) is 5.11. The molecule has 1 aromatic heterocycles. The number of pyridine rings is 1. The summed E-state index contributed by atoms with van der Waals surface area (Å²) in [5.41, 5.74) is 3.58. The third-order valence-corrected chi connectivity index (χ3v) is 3.15. The van der Waals surface area contributed by atoms with Crippen molar-refractivity contribution in [3.63, 3.8) is 0 Å². The summed E-state index contributed by atoms with van der Waals surface area (Å²) in [4.78, 5) is 4.60. The molecule has 0 aliphatic heterocycles.